The zero-order chi connectivity index (χ0) is 87.6. The summed E-state index contributed by atoms with van der Waals surface area (Å²) in [5.74, 6) is -3.95. The molecule has 11 heterocycles. The van der Waals surface area contributed by atoms with E-state index in [1.807, 2.05) is 22.6 Å². The summed E-state index contributed by atoms with van der Waals surface area (Å²) >= 11 is 0. The topological polar surface area (TPSA) is 663 Å². The number of rotatable bonds is 36. The van der Waals surface area contributed by atoms with Crippen molar-refractivity contribution in [3.05, 3.63) is 145 Å². The minimum atomic E-state index is -2.95. The monoisotopic (exact) mass is 1700 g/mol. The third-order valence-electron chi connectivity index (χ3n) is 16.9. The van der Waals surface area contributed by atoms with Gasteiger partial charge in [0.1, 0.15) is 85.0 Å². The molecule has 1 atom stereocenters. The van der Waals surface area contributed by atoms with E-state index in [0.717, 1.165) is 77.8 Å². The van der Waals surface area contributed by atoms with Gasteiger partial charge in [-0.3, -0.25) is 0 Å². The zero-order valence-electron chi connectivity index (χ0n) is 66.3. The van der Waals surface area contributed by atoms with Gasteiger partial charge in [-0.1, -0.05) is 13.8 Å². The smallest absolute Gasteiger partial charge is 0.354 e. The summed E-state index contributed by atoms with van der Waals surface area (Å²) in [6.45, 7) is 20.6. The van der Waals surface area contributed by atoms with Crippen LogP contribution in [0.25, 0.3) is 0 Å². The van der Waals surface area contributed by atoms with Crippen LogP contribution in [0.2, 0.25) is 0 Å². The molecule has 0 aromatic carbocycles. The van der Waals surface area contributed by atoms with Gasteiger partial charge in [0.2, 0.25) is 0 Å². The molecule has 8 aromatic heterocycles. The molecule has 3 saturated heterocycles. The van der Waals surface area contributed by atoms with Crippen LogP contribution in [0.3, 0.4) is 0 Å². The lowest BCUT2D eigenvalue weighted by Gasteiger charge is -2.34. The van der Waals surface area contributed by atoms with Crippen LogP contribution in [0.15, 0.2) is 105 Å². The first-order chi connectivity index (χ1) is 57.6. The molecule has 3 fully saturated rings. The van der Waals surface area contributed by atoms with Crippen molar-refractivity contribution in [2.45, 2.75) is 71.9 Å². The van der Waals surface area contributed by atoms with E-state index in [2.05, 4.69) is 125 Å². The molecule has 0 bridgehead atoms. The molecule has 650 valence electrons. The molecule has 48 heteroatoms. The van der Waals surface area contributed by atoms with Gasteiger partial charge >= 0.3 is 47.8 Å². The van der Waals surface area contributed by atoms with E-state index >= 15 is 0 Å². The highest BCUT2D eigenvalue weighted by molar-refractivity contribution is 7.91. The van der Waals surface area contributed by atoms with E-state index in [-0.39, 0.29) is 70.3 Å². The van der Waals surface area contributed by atoms with Gasteiger partial charge in [0, 0.05) is 147 Å². The fourth-order valence-corrected chi connectivity index (χ4v) is 11.7. The number of primary amides is 1. The molecule has 120 heavy (non-hydrogen) atoms. The first-order valence-corrected chi connectivity index (χ1v) is 39.5. The van der Waals surface area contributed by atoms with Crippen molar-refractivity contribution < 1.29 is 97.5 Å². The van der Waals surface area contributed by atoms with Crippen LogP contribution in [0.1, 0.15) is 133 Å². The maximum Gasteiger partial charge on any atom is 0.354 e. The zero-order valence-corrected chi connectivity index (χ0v) is 67.1. The Labute approximate surface area is 689 Å². The molecule has 8 aromatic rings. The number of carbonyl (C=O) groups is 8. The number of aliphatic hydroxyl groups excluding tert-OH is 2. The van der Waals surface area contributed by atoms with Crippen LogP contribution >= 0.6 is 0 Å². The molecular formula is C72H101N27O20S. The maximum atomic E-state index is 11.2. The predicted molar refractivity (Wildman–Crippen MR) is 433 cm³/mol. The summed E-state index contributed by atoms with van der Waals surface area (Å²) in [6, 6.07) is 9.29. The number of aryl methyl sites for hydroxylation is 1. The fourth-order valence-electron chi connectivity index (χ4n) is 10.5. The number of imidazole rings is 1. The third-order valence-corrected chi connectivity index (χ3v) is 18.5. The summed E-state index contributed by atoms with van der Waals surface area (Å²) in [5.41, 5.74) is 4.92. The van der Waals surface area contributed by atoms with E-state index in [4.69, 9.17) is 56.4 Å². The lowest BCUT2D eigenvalue weighted by molar-refractivity contribution is 0.0679. The molecule has 16 N–H and O–H groups in total. The number of likely N-dealkylation sites (tertiary alicyclic amines) is 1. The highest BCUT2D eigenvalue weighted by Gasteiger charge is 2.25. The van der Waals surface area contributed by atoms with Crippen LogP contribution in [0.4, 0.5) is 45.5 Å². The molecule has 0 radical (unpaired) electrons. The van der Waals surface area contributed by atoms with Gasteiger partial charge in [-0.2, -0.15) is 0 Å². The standard InChI is InChI=1S/C12H18N4O2.C12H20N4O2.C11H13N5O2.C10H13N5O3.C10H15N3O3.C9H11N3O4S.C8H11N3O4/c17-12(18)10-8-11(15-9-14-10)13-4-3-7-16-5-1-2-6-16;1-3-16(4-2)7-5-6-13-11-8-10(12(17)18)14-9-15-11;17-11(18)9-6-10(15-7-14-9)13-2-1-4-16-5-3-12-8-16;11-10(18)15-3-1-14(2-4-15)8-5-7(9(16)17)12-6-13-8;1-2-16-5-3-4-11-9-6-8(10(14)15)12-7-13-9;13-9(14)7-5-8(11-6-10-7)12-1-3-17(15,16)4-2-12;12-3-5(13)2-9-7-1-6(8(14)15)10-4-11-7/h8-9H,1-7H2,(H,17,18)(H,13,14,15);8-9H,3-7H2,1-2H3,(H,17,18)(H,13,14,15);3,5-8H,1-2,4H2,(H,17,18)(H,13,14,15);5-6H,1-4H2,(H2,11,18)(H,16,17);6-7H,2-5H2,1H3,(H,14,15)(H,11,12,13);5-6H,1-4H2,(H,13,14);1,4-5,12-13H,2-3H2,(H,14,15)(H,9,10,11). The quantitative estimate of drug-likeness (QED) is 0.0250. The molecule has 0 aliphatic carbocycles. The number of carboxylic acids is 7. The molecular weight excluding hydrogens is 1600 g/mol. The molecule has 0 saturated carbocycles. The van der Waals surface area contributed by atoms with Gasteiger partial charge in [-0.05, 0) is 84.7 Å². The number of nitrogens with one attached hydrogen (secondary N) is 5. The van der Waals surface area contributed by atoms with Crippen molar-refractivity contribution in [3.63, 3.8) is 0 Å². The number of nitrogens with zero attached hydrogens (tertiary/aromatic N) is 21. The predicted octanol–water partition coefficient (Wildman–Crippen LogP) is 2.00. The minimum absolute atomic E-state index is 0.0104. The number of aromatic carboxylic acids is 7. The largest absolute Gasteiger partial charge is 0.477 e. The summed E-state index contributed by atoms with van der Waals surface area (Å²) in [5, 5.41) is 93.9. The number of aliphatic hydroxyl groups is 2. The number of ether oxygens (including phenoxy) is 1. The van der Waals surface area contributed by atoms with Gasteiger partial charge in [0.15, 0.2) is 49.7 Å². The number of aromatic nitrogens is 16. The van der Waals surface area contributed by atoms with Crippen LogP contribution < -0.4 is 42.1 Å². The number of sulfone groups is 1. The number of nitrogens with two attached hydrogens (primary N) is 1. The number of hydrogen-bond donors (Lipinski definition) is 15. The lowest BCUT2D eigenvalue weighted by Crippen LogP contribution is -2.50. The van der Waals surface area contributed by atoms with E-state index < -0.39 is 63.8 Å². The Kier molecular flexibility index (Phi) is 43.6. The van der Waals surface area contributed by atoms with Crippen molar-refractivity contribution in [3.8, 4) is 0 Å². The normalized spacial score (nSPS) is 13.4. The summed E-state index contributed by atoms with van der Waals surface area (Å²) in [4.78, 5) is 153. The van der Waals surface area contributed by atoms with Crippen molar-refractivity contribution >= 4 is 98.4 Å². The van der Waals surface area contributed by atoms with Gasteiger partial charge in [-0.15, -0.1) is 0 Å². The van der Waals surface area contributed by atoms with Crippen LogP contribution in [-0.2, 0) is 21.1 Å². The Hall–Kier alpha value is -13.3. The molecule has 47 nitrogen and oxygen atoms in total. The number of hydrogen-bond acceptors (Lipinski definition) is 37. The number of carbonyl (C=O) groups excluding carboxylic acids is 1. The van der Waals surface area contributed by atoms with Gasteiger partial charge < -0.3 is 112 Å². The number of amides is 2. The summed E-state index contributed by atoms with van der Waals surface area (Å²) in [7, 11) is -2.95. The molecule has 1 unspecified atom stereocenters. The average molecular weight is 1700 g/mol. The Morgan fingerprint density at radius 1 is 0.467 bits per heavy atom. The van der Waals surface area contributed by atoms with Gasteiger partial charge in [0.25, 0.3) is 0 Å². The second kappa shape index (κ2) is 53.8. The van der Waals surface area contributed by atoms with Crippen LogP contribution in [0, 0.1) is 0 Å². The molecule has 3 aliphatic rings. The van der Waals surface area contributed by atoms with Crippen molar-refractivity contribution in [2.24, 2.45) is 5.73 Å². The maximum absolute atomic E-state index is 11.2. The van der Waals surface area contributed by atoms with E-state index in [0.29, 0.717) is 100 Å². The van der Waals surface area contributed by atoms with E-state index in [9.17, 15) is 46.8 Å². The first kappa shape index (κ1) is 97.3. The van der Waals surface area contributed by atoms with Crippen molar-refractivity contribution in [1.29, 1.82) is 0 Å². The van der Waals surface area contributed by atoms with Crippen LogP contribution in [-0.4, -0.2) is 345 Å². The van der Waals surface area contributed by atoms with Crippen LogP contribution in [0.5, 0.6) is 0 Å². The van der Waals surface area contributed by atoms with Gasteiger partial charge in [-0.25, -0.2) is 122 Å². The number of carboxylic acid groups (broad SMARTS) is 7. The Balaban J connectivity index is 0.000000249. The van der Waals surface area contributed by atoms with E-state index in [1.54, 1.807) is 17.4 Å². The second-order valence-electron chi connectivity index (χ2n) is 25.5. The van der Waals surface area contributed by atoms with E-state index in [1.165, 1.54) is 111 Å². The average Bonchev–Trinajstić information content (AvgIpc) is 0.878. The SMILES string of the molecule is CCN(CC)CCCNc1cc(C(=O)O)ncn1.CCOCCCNc1cc(C(=O)O)ncn1.NC(=O)N1CCN(c2cc(C(=O)O)ncn2)CC1.O=C(O)c1cc(N2CCS(=O)(=O)CC2)ncn1.O=C(O)c1cc(NCC(O)CO)ncn1.O=C(O)c1cc(NCCCN2CCCC2)ncn1.O=C(O)c1cc(NCCCn2ccnc2)ncn1. The highest BCUT2D eigenvalue weighted by Crippen LogP contribution is 2.18. The van der Waals surface area contributed by atoms with Crippen molar-refractivity contribution in [1.82, 2.24) is 94.0 Å². The number of anilines is 7. The molecule has 3 aliphatic heterocycles. The first-order valence-electron chi connectivity index (χ1n) is 37.7. The Morgan fingerprint density at radius 3 is 1.18 bits per heavy atom. The summed E-state index contributed by atoms with van der Waals surface area (Å²) in [6.07, 6.45) is 19.4. The molecule has 11 rings (SSSR count). The van der Waals surface area contributed by atoms with Crippen molar-refractivity contribution in [2.75, 3.05) is 179 Å². The summed E-state index contributed by atoms with van der Waals surface area (Å²) < 4.78 is 29.6. The minimum Gasteiger partial charge on any atom is -0.477 e. The lowest BCUT2D eigenvalue weighted by atomic mass is 10.3. The van der Waals surface area contributed by atoms with Gasteiger partial charge in [0.05, 0.1) is 30.5 Å². The Bertz CT molecular complexity index is 4510. The second-order valence-corrected chi connectivity index (χ2v) is 27.8. The number of piperazine rings is 1. The highest BCUT2D eigenvalue weighted by atomic mass is 32.2. The number of urea groups is 1. The molecule has 2 amide bonds. The third kappa shape index (κ3) is 38.2. The fraction of sp³-hybridized carbons (Fsp3) is 0.458. The molecule has 0 spiro atoms. The Morgan fingerprint density at radius 2 is 0.825 bits per heavy atom.